The van der Waals surface area contributed by atoms with Gasteiger partial charge in [-0.2, -0.15) is 0 Å². The molecule has 0 aromatic carbocycles. The van der Waals surface area contributed by atoms with Gasteiger partial charge in [-0.05, 0) is 24.3 Å². The van der Waals surface area contributed by atoms with E-state index in [0.29, 0.717) is 11.4 Å². The van der Waals surface area contributed by atoms with Crippen LogP contribution in [0, 0.1) is 0 Å². The molecule has 116 valence electrons. The summed E-state index contributed by atoms with van der Waals surface area (Å²) in [5.74, 6) is 0. The standard InChI is InChI=1S/C15H14N6O2/c22-15(23-11-12-4-1-2-7-17-12)18-8-13-10-21(20-19-13)14-5-3-6-16-9-14/h1-7,9-10H,8,11H2,(H,18,22). The normalized spacial score (nSPS) is 10.3. The van der Waals surface area contributed by atoms with Gasteiger partial charge in [0.25, 0.3) is 0 Å². The Hall–Kier alpha value is -3.29. The van der Waals surface area contributed by atoms with E-state index in [0.717, 1.165) is 5.69 Å². The lowest BCUT2D eigenvalue weighted by Crippen LogP contribution is -2.23. The van der Waals surface area contributed by atoms with Crippen molar-refractivity contribution >= 4 is 6.09 Å². The third-order valence-corrected chi connectivity index (χ3v) is 2.94. The summed E-state index contributed by atoms with van der Waals surface area (Å²) >= 11 is 0. The van der Waals surface area contributed by atoms with Crippen molar-refractivity contribution < 1.29 is 9.53 Å². The summed E-state index contributed by atoms with van der Waals surface area (Å²) in [6.07, 6.45) is 6.18. The predicted octanol–water partition coefficient (Wildman–Crippen LogP) is 1.48. The molecule has 0 aliphatic carbocycles. The van der Waals surface area contributed by atoms with Crippen molar-refractivity contribution in [3.63, 3.8) is 0 Å². The first-order chi connectivity index (χ1) is 11.3. The Bertz CT molecular complexity index is 760. The average Bonchev–Trinajstić information content (AvgIpc) is 3.09. The number of carbonyl (C=O) groups excluding carboxylic acids is 1. The summed E-state index contributed by atoms with van der Waals surface area (Å²) in [4.78, 5) is 19.7. The zero-order chi connectivity index (χ0) is 15.9. The summed E-state index contributed by atoms with van der Waals surface area (Å²) < 4.78 is 6.65. The Balaban J connectivity index is 1.49. The van der Waals surface area contributed by atoms with Crippen LogP contribution in [0.1, 0.15) is 11.4 Å². The number of pyridine rings is 2. The maximum absolute atomic E-state index is 11.6. The number of ether oxygens (including phenoxy) is 1. The van der Waals surface area contributed by atoms with Crippen LogP contribution >= 0.6 is 0 Å². The van der Waals surface area contributed by atoms with Crippen LogP contribution in [0.15, 0.2) is 55.1 Å². The molecule has 1 amide bonds. The van der Waals surface area contributed by atoms with E-state index < -0.39 is 6.09 Å². The van der Waals surface area contributed by atoms with Gasteiger partial charge in [0, 0.05) is 12.4 Å². The molecule has 8 nitrogen and oxygen atoms in total. The van der Waals surface area contributed by atoms with Gasteiger partial charge < -0.3 is 10.1 Å². The third-order valence-electron chi connectivity index (χ3n) is 2.94. The number of nitrogens with one attached hydrogen (secondary N) is 1. The Morgan fingerprint density at radius 1 is 1.17 bits per heavy atom. The van der Waals surface area contributed by atoms with Gasteiger partial charge in [0.2, 0.25) is 0 Å². The molecular formula is C15H14N6O2. The minimum Gasteiger partial charge on any atom is -0.443 e. The van der Waals surface area contributed by atoms with Crippen LogP contribution in [0.4, 0.5) is 4.79 Å². The zero-order valence-corrected chi connectivity index (χ0v) is 12.2. The van der Waals surface area contributed by atoms with Gasteiger partial charge in [0.05, 0.1) is 30.3 Å². The predicted molar refractivity (Wildman–Crippen MR) is 80.4 cm³/mol. The highest BCUT2D eigenvalue weighted by atomic mass is 16.5. The number of rotatable bonds is 5. The summed E-state index contributed by atoms with van der Waals surface area (Å²) in [5.41, 5.74) is 2.10. The van der Waals surface area contributed by atoms with E-state index in [-0.39, 0.29) is 13.2 Å². The largest absolute Gasteiger partial charge is 0.443 e. The van der Waals surface area contributed by atoms with E-state index >= 15 is 0 Å². The molecule has 8 heteroatoms. The molecule has 0 bridgehead atoms. The van der Waals surface area contributed by atoms with E-state index in [1.165, 1.54) is 0 Å². The number of nitrogens with zero attached hydrogens (tertiary/aromatic N) is 5. The quantitative estimate of drug-likeness (QED) is 0.767. The fraction of sp³-hybridized carbons (Fsp3) is 0.133. The van der Waals surface area contributed by atoms with Gasteiger partial charge >= 0.3 is 6.09 Å². The topological polar surface area (TPSA) is 94.8 Å². The molecule has 0 aliphatic rings. The van der Waals surface area contributed by atoms with Crippen LogP contribution in [-0.4, -0.2) is 31.1 Å². The van der Waals surface area contributed by atoms with Crippen molar-refractivity contribution in [3.05, 3.63) is 66.5 Å². The number of hydrogen-bond acceptors (Lipinski definition) is 6. The van der Waals surface area contributed by atoms with Gasteiger partial charge in [0.1, 0.15) is 12.3 Å². The van der Waals surface area contributed by atoms with E-state index in [1.54, 1.807) is 41.6 Å². The van der Waals surface area contributed by atoms with Crippen molar-refractivity contribution in [2.24, 2.45) is 0 Å². The van der Waals surface area contributed by atoms with Gasteiger partial charge in [-0.1, -0.05) is 11.3 Å². The van der Waals surface area contributed by atoms with Gasteiger partial charge in [0.15, 0.2) is 0 Å². The second-order valence-electron chi connectivity index (χ2n) is 4.62. The number of alkyl carbamates (subject to hydrolysis) is 1. The molecule has 0 unspecified atom stereocenters. The molecule has 0 atom stereocenters. The maximum atomic E-state index is 11.6. The van der Waals surface area contributed by atoms with E-state index in [2.05, 4.69) is 25.6 Å². The van der Waals surface area contributed by atoms with Crippen LogP contribution < -0.4 is 5.32 Å². The number of aromatic nitrogens is 5. The molecule has 0 saturated heterocycles. The van der Waals surface area contributed by atoms with Crippen molar-refractivity contribution in [1.29, 1.82) is 0 Å². The molecule has 0 radical (unpaired) electrons. The Kier molecular flexibility index (Phi) is 4.53. The second kappa shape index (κ2) is 7.12. The van der Waals surface area contributed by atoms with Crippen LogP contribution in [0.2, 0.25) is 0 Å². The highest BCUT2D eigenvalue weighted by molar-refractivity contribution is 5.67. The molecule has 3 aromatic heterocycles. The van der Waals surface area contributed by atoms with Crippen molar-refractivity contribution in [2.75, 3.05) is 0 Å². The van der Waals surface area contributed by atoms with Crippen LogP contribution in [0.5, 0.6) is 0 Å². The molecule has 3 aromatic rings. The number of carbonyl (C=O) groups is 1. The SMILES string of the molecule is O=C(NCc1cn(-c2cccnc2)nn1)OCc1ccccn1. The molecule has 1 N–H and O–H groups in total. The maximum Gasteiger partial charge on any atom is 0.407 e. The van der Waals surface area contributed by atoms with E-state index in [4.69, 9.17) is 4.74 Å². The third kappa shape index (κ3) is 4.10. The van der Waals surface area contributed by atoms with Gasteiger partial charge in [-0.3, -0.25) is 9.97 Å². The molecule has 23 heavy (non-hydrogen) atoms. The minimum atomic E-state index is -0.536. The van der Waals surface area contributed by atoms with E-state index in [9.17, 15) is 4.79 Å². The van der Waals surface area contributed by atoms with Gasteiger partial charge in [-0.25, -0.2) is 9.48 Å². The molecule has 0 aliphatic heterocycles. The average molecular weight is 310 g/mol. The fourth-order valence-corrected chi connectivity index (χ4v) is 1.83. The zero-order valence-electron chi connectivity index (χ0n) is 12.2. The molecule has 0 saturated carbocycles. The Labute approximate surface area is 132 Å². The Morgan fingerprint density at radius 2 is 2.13 bits per heavy atom. The summed E-state index contributed by atoms with van der Waals surface area (Å²) in [6, 6.07) is 9.09. The fourth-order valence-electron chi connectivity index (χ4n) is 1.83. The van der Waals surface area contributed by atoms with Crippen molar-refractivity contribution in [2.45, 2.75) is 13.2 Å². The lowest BCUT2D eigenvalue weighted by atomic mass is 10.4. The van der Waals surface area contributed by atoms with Crippen LogP contribution in [0.25, 0.3) is 5.69 Å². The summed E-state index contributed by atoms with van der Waals surface area (Å²) in [7, 11) is 0. The minimum absolute atomic E-state index is 0.120. The van der Waals surface area contributed by atoms with Crippen LogP contribution in [-0.2, 0) is 17.9 Å². The van der Waals surface area contributed by atoms with Gasteiger partial charge in [-0.15, -0.1) is 5.10 Å². The summed E-state index contributed by atoms with van der Waals surface area (Å²) in [5, 5.41) is 10.6. The first-order valence-corrected chi connectivity index (χ1v) is 6.93. The highest BCUT2D eigenvalue weighted by Gasteiger charge is 2.06. The summed E-state index contributed by atoms with van der Waals surface area (Å²) in [6.45, 7) is 0.344. The van der Waals surface area contributed by atoms with Crippen molar-refractivity contribution in [1.82, 2.24) is 30.3 Å². The lowest BCUT2D eigenvalue weighted by molar-refractivity contribution is 0.137. The molecule has 0 spiro atoms. The molecule has 3 rings (SSSR count). The van der Waals surface area contributed by atoms with E-state index in [1.807, 2.05) is 18.2 Å². The number of hydrogen-bond donors (Lipinski definition) is 1. The smallest absolute Gasteiger partial charge is 0.407 e. The Morgan fingerprint density at radius 3 is 2.91 bits per heavy atom. The van der Waals surface area contributed by atoms with Crippen LogP contribution in [0.3, 0.4) is 0 Å². The number of amides is 1. The molecule has 0 fully saturated rings. The molecular weight excluding hydrogens is 296 g/mol. The second-order valence-corrected chi connectivity index (χ2v) is 4.62. The van der Waals surface area contributed by atoms with Crippen molar-refractivity contribution in [3.8, 4) is 5.69 Å². The lowest BCUT2D eigenvalue weighted by Gasteiger charge is -2.04. The molecule has 3 heterocycles. The first kappa shape index (κ1) is 14.6. The monoisotopic (exact) mass is 310 g/mol. The highest BCUT2D eigenvalue weighted by Crippen LogP contribution is 2.04. The first-order valence-electron chi connectivity index (χ1n) is 6.93.